The number of aliphatic hydroxyl groups excluding tert-OH is 1. The number of benzene rings is 1. The second-order valence-electron chi connectivity index (χ2n) is 7.39. The number of likely N-dealkylation sites (tertiary alicyclic amines) is 1. The Morgan fingerprint density at radius 1 is 1.16 bits per heavy atom. The van der Waals surface area contributed by atoms with Crippen LogP contribution >= 0.6 is 0 Å². The molecule has 1 atom stereocenters. The number of ether oxygens (including phenoxy) is 1. The molecule has 1 amide bonds. The SMILES string of the molecule is CCN(CC)CCCN1C(=O)C(=O)/C(=C(\O)c2ccc(OC)cc2)C1c1cccnc1. The Kier molecular flexibility index (Phi) is 7.41. The lowest BCUT2D eigenvalue weighted by Crippen LogP contribution is -2.33. The fourth-order valence-corrected chi connectivity index (χ4v) is 3.90. The zero-order valence-corrected chi connectivity index (χ0v) is 18.2. The third kappa shape index (κ3) is 4.77. The highest BCUT2D eigenvalue weighted by Crippen LogP contribution is 2.39. The molecule has 1 aromatic carbocycles. The molecule has 1 aliphatic rings. The molecule has 2 aromatic rings. The fraction of sp³-hybridized carbons (Fsp3) is 0.375. The lowest BCUT2D eigenvalue weighted by Gasteiger charge is -2.26. The molecule has 0 aliphatic carbocycles. The van der Waals surface area contributed by atoms with E-state index in [-0.39, 0.29) is 11.3 Å². The normalized spacial score (nSPS) is 18.1. The van der Waals surface area contributed by atoms with Crippen LogP contribution in [0, 0.1) is 0 Å². The smallest absolute Gasteiger partial charge is 0.295 e. The van der Waals surface area contributed by atoms with E-state index in [0.717, 1.165) is 26.1 Å². The minimum atomic E-state index is -0.676. The van der Waals surface area contributed by atoms with E-state index >= 15 is 0 Å². The average molecular weight is 424 g/mol. The van der Waals surface area contributed by atoms with Crippen LogP contribution in [0.4, 0.5) is 0 Å². The molecule has 1 fully saturated rings. The first-order valence-electron chi connectivity index (χ1n) is 10.6. The predicted octanol–water partition coefficient (Wildman–Crippen LogP) is 3.24. The summed E-state index contributed by atoms with van der Waals surface area (Å²) in [7, 11) is 1.56. The maximum atomic E-state index is 13.0. The molecule has 1 aliphatic heterocycles. The lowest BCUT2D eigenvalue weighted by molar-refractivity contribution is -0.140. The summed E-state index contributed by atoms with van der Waals surface area (Å²) in [6, 6.07) is 9.65. The molecule has 164 valence electrons. The van der Waals surface area contributed by atoms with Crippen molar-refractivity contribution in [1.82, 2.24) is 14.8 Å². The molecule has 1 aromatic heterocycles. The second kappa shape index (κ2) is 10.2. The Balaban J connectivity index is 1.98. The van der Waals surface area contributed by atoms with Crippen LogP contribution in [0.1, 0.15) is 37.4 Å². The van der Waals surface area contributed by atoms with E-state index < -0.39 is 17.7 Å². The van der Waals surface area contributed by atoms with Gasteiger partial charge in [0.15, 0.2) is 0 Å². The Morgan fingerprint density at radius 3 is 2.45 bits per heavy atom. The van der Waals surface area contributed by atoms with Crippen LogP contribution in [-0.2, 0) is 9.59 Å². The van der Waals surface area contributed by atoms with Crippen LogP contribution in [0.3, 0.4) is 0 Å². The molecule has 0 radical (unpaired) electrons. The highest BCUT2D eigenvalue weighted by atomic mass is 16.5. The van der Waals surface area contributed by atoms with Gasteiger partial charge in [-0.2, -0.15) is 0 Å². The third-order valence-corrected chi connectivity index (χ3v) is 5.67. The monoisotopic (exact) mass is 423 g/mol. The summed E-state index contributed by atoms with van der Waals surface area (Å²) in [5.41, 5.74) is 1.24. The molecule has 0 bridgehead atoms. The average Bonchev–Trinajstić information content (AvgIpc) is 3.07. The van der Waals surface area contributed by atoms with Crippen LogP contribution in [0.5, 0.6) is 5.75 Å². The van der Waals surface area contributed by atoms with Gasteiger partial charge in [0.2, 0.25) is 0 Å². The molecule has 7 heteroatoms. The Hall–Kier alpha value is -3.19. The highest BCUT2D eigenvalue weighted by Gasteiger charge is 2.45. The summed E-state index contributed by atoms with van der Waals surface area (Å²) in [4.78, 5) is 33.9. The molecule has 1 saturated heterocycles. The zero-order chi connectivity index (χ0) is 22.4. The van der Waals surface area contributed by atoms with Crippen molar-refractivity contribution in [3.8, 4) is 5.75 Å². The molecule has 7 nitrogen and oxygen atoms in total. The molecule has 31 heavy (non-hydrogen) atoms. The Morgan fingerprint density at radius 2 is 1.87 bits per heavy atom. The zero-order valence-electron chi connectivity index (χ0n) is 18.2. The van der Waals surface area contributed by atoms with E-state index in [9.17, 15) is 14.7 Å². The largest absolute Gasteiger partial charge is 0.507 e. The van der Waals surface area contributed by atoms with Crippen molar-refractivity contribution in [2.24, 2.45) is 0 Å². The number of rotatable bonds is 9. The minimum absolute atomic E-state index is 0.0889. The maximum Gasteiger partial charge on any atom is 0.295 e. The minimum Gasteiger partial charge on any atom is -0.507 e. The van der Waals surface area contributed by atoms with Crippen molar-refractivity contribution in [3.63, 3.8) is 0 Å². The van der Waals surface area contributed by atoms with Crippen LogP contribution in [0.2, 0.25) is 0 Å². The number of aliphatic hydroxyl groups is 1. The van der Waals surface area contributed by atoms with Crippen LogP contribution in [0.25, 0.3) is 5.76 Å². The van der Waals surface area contributed by atoms with Crippen LogP contribution < -0.4 is 4.74 Å². The lowest BCUT2D eigenvalue weighted by atomic mass is 9.96. The van der Waals surface area contributed by atoms with Gasteiger partial charge in [-0.25, -0.2) is 0 Å². The number of amides is 1. The van der Waals surface area contributed by atoms with Gasteiger partial charge in [-0.1, -0.05) is 19.9 Å². The predicted molar refractivity (Wildman–Crippen MR) is 119 cm³/mol. The molecule has 3 rings (SSSR count). The van der Waals surface area contributed by atoms with Gasteiger partial charge in [0, 0.05) is 24.5 Å². The van der Waals surface area contributed by atoms with Gasteiger partial charge in [-0.3, -0.25) is 14.6 Å². The quantitative estimate of drug-likeness (QED) is 0.379. The van der Waals surface area contributed by atoms with E-state index in [4.69, 9.17) is 4.74 Å². The Labute approximate surface area is 183 Å². The number of hydrogen-bond donors (Lipinski definition) is 1. The van der Waals surface area contributed by atoms with Crippen molar-refractivity contribution in [3.05, 3.63) is 65.5 Å². The molecular formula is C24H29N3O4. The third-order valence-electron chi connectivity index (χ3n) is 5.67. The van der Waals surface area contributed by atoms with Crippen molar-refractivity contribution in [1.29, 1.82) is 0 Å². The van der Waals surface area contributed by atoms with E-state index in [1.807, 2.05) is 6.07 Å². The first-order chi connectivity index (χ1) is 15.0. The number of ketones is 1. The number of Topliss-reactive ketones (excluding diaryl/α,β-unsaturated/α-hetero) is 1. The number of methoxy groups -OCH3 is 1. The standard InChI is InChI=1S/C24H29N3O4/c1-4-26(5-2)14-7-15-27-21(18-8-6-13-25-16-18)20(23(29)24(27)30)22(28)17-9-11-19(31-3)12-10-17/h6,8-13,16,21,28H,4-5,7,14-15H2,1-3H3/b22-20-. The summed E-state index contributed by atoms with van der Waals surface area (Å²) in [6.07, 6.45) is 4.00. The molecule has 1 unspecified atom stereocenters. The fourth-order valence-electron chi connectivity index (χ4n) is 3.90. The van der Waals surface area contributed by atoms with Crippen LogP contribution in [0.15, 0.2) is 54.4 Å². The number of carbonyl (C=O) groups excluding carboxylic acids is 2. The topological polar surface area (TPSA) is 83.0 Å². The number of aromatic nitrogens is 1. The molecule has 0 spiro atoms. The number of carbonyl (C=O) groups is 2. The van der Waals surface area contributed by atoms with E-state index in [1.165, 1.54) is 0 Å². The first-order valence-corrected chi connectivity index (χ1v) is 10.6. The summed E-state index contributed by atoms with van der Waals surface area (Å²) in [5, 5.41) is 11.0. The van der Waals surface area contributed by atoms with E-state index in [2.05, 4.69) is 23.7 Å². The summed E-state index contributed by atoms with van der Waals surface area (Å²) in [5.74, 6) is -0.827. The number of pyridine rings is 1. The molecule has 2 heterocycles. The molecule has 1 N–H and O–H groups in total. The maximum absolute atomic E-state index is 13.0. The van der Waals surface area contributed by atoms with Crippen molar-refractivity contribution in [2.45, 2.75) is 26.3 Å². The first kappa shape index (κ1) is 22.5. The van der Waals surface area contributed by atoms with Crippen molar-refractivity contribution >= 4 is 17.4 Å². The van der Waals surface area contributed by atoms with Crippen molar-refractivity contribution < 1.29 is 19.4 Å². The highest BCUT2D eigenvalue weighted by molar-refractivity contribution is 6.46. The summed E-state index contributed by atoms with van der Waals surface area (Å²) < 4.78 is 5.16. The van der Waals surface area contributed by atoms with Gasteiger partial charge in [0.05, 0.1) is 18.7 Å². The Bertz CT molecular complexity index is 937. The van der Waals surface area contributed by atoms with Gasteiger partial charge in [-0.05, 0) is 62.0 Å². The number of nitrogens with zero attached hydrogens (tertiary/aromatic N) is 3. The molecule has 0 saturated carbocycles. The van der Waals surface area contributed by atoms with Crippen molar-refractivity contribution in [2.75, 3.05) is 33.3 Å². The van der Waals surface area contributed by atoms with E-state index in [0.29, 0.717) is 23.4 Å². The molecular weight excluding hydrogens is 394 g/mol. The van der Waals surface area contributed by atoms with Gasteiger partial charge in [0.1, 0.15) is 11.5 Å². The van der Waals surface area contributed by atoms with Gasteiger partial charge in [0.25, 0.3) is 11.7 Å². The van der Waals surface area contributed by atoms with Gasteiger partial charge < -0.3 is 19.6 Å². The number of hydrogen-bond acceptors (Lipinski definition) is 6. The van der Waals surface area contributed by atoms with Crippen LogP contribution in [-0.4, -0.2) is 64.9 Å². The van der Waals surface area contributed by atoms with Gasteiger partial charge >= 0.3 is 0 Å². The van der Waals surface area contributed by atoms with E-state index in [1.54, 1.807) is 54.7 Å². The summed E-state index contributed by atoms with van der Waals surface area (Å²) in [6.45, 7) is 7.30. The summed E-state index contributed by atoms with van der Waals surface area (Å²) >= 11 is 0. The second-order valence-corrected chi connectivity index (χ2v) is 7.39. The van der Waals surface area contributed by atoms with Gasteiger partial charge in [-0.15, -0.1) is 0 Å².